The highest BCUT2D eigenvalue weighted by atomic mass is 35.6. The molecule has 2 rings (SSSR count). The van der Waals surface area contributed by atoms with E-state index in [-0.39, 0.29) is 0 Å². The van der Waals surface area contributed by atoms with Gasteiger partial charge >= 0.3 is 0 Å². The van der Waals surface area contributed by atoms with E-state index in [1.165, 1.54) is 6.20 Å². The van der Waals surface area contributed by atoms with Crippen molar-refractivity contribution in [2.24, 2.45) is 0 Å². The molecule has 0 saturated carbocycles. The summed E-state index contributed by atoms with van der Waals surface area (Å²) < 4.78 is -1.95. The lowest BCUT2D eigenvalue weighted by atomic mass is 10.1. The van der Waals surface area contributed by atoms with Crippen LogP contribution in [0.2, 0.25) is 0 Å². The summed E-state index contributed by atoms with van der Waals surface area (Å²) in [6.45, 7) is 1.88. The minimum Gasteiger partial charge on any atom is -0.345 e. The molecule has 2 aromatic heterocycles. The lowest BCUT2D eigenvalue weighted by Gasteiger charge is -2.07. The number of fused-ring (bicyclic) bond motifs is 1. The van der Waals surface area contributed by atoms with Crippen LogP contribution in [-0.2, 0) is 0 Å². The number of carbonyl (C=O) groups is 1. The Morgan fingerprint density at radius 1 is 1.44 bits per heavy atom. The first-order chi connectivity index (χ1) is 7.39. The van der Waals surface area contributed by atoms with Gasteiger partial charge in [-0.05, 0) is 18.6 Å². The number of pyridine rings is 1. The van der Waals surface area contributed by atoms with Crippen LogP contribution in [0.5, 0.6) is 0 Å². The molecule has 1 N–H and O–H groups in total. The van der Waals surface area contributed by atoms with Crippen LogP contribution in [0.4, 0.5) is 0 Å². The number of H-pyrrole nitrogens is 1. The molecule has 0 aliphatic rings. The van der Waals surface area contributed by atoms with Gasteiger partial charge in [-0.3, -0.25) is 4.79 Å². The predicted octanol–water partition coefficient (Wildman–Crippen LogP) is 3.42. The highest BCUT2D eigenvalue weighted by Crippen LogP contribution is 2.32. The Hall–Kier alpha value is -0.770. The Kier molecular flexibility index (Phi) is 2.86. The van der Waals surface area contributed by atoms with Gasteiger partial charge in [0.15, 0.2) is 0 Å². The molecule has 0 spiro atoms. The molecular weight excluding hydrogens is 270 g/mol. The van der Waals surface area contributed by atoms with Crippen LogP contribution >= 0.6 is 34.8 Å². The van der Waals surface area contributed by atoms with Gasteiger partial charge in [-0.25, -0.2) is 4.98 Å². The van der Waals surface area contributed by atoms with E-state index in [0.717, 1.165) is 5.56 Å². The van der Waals surface area contributed by atoms with Gasteiger partial charge in [0.2, 0.25) is 5.78 Å². The molecule has 2 heterocycles. The lowest BCUT2D eigenvalue weighted by molar-refractivity contribution is 0.0998. The third kappa shape index (κ3) is 2.03. The molecule has 84 valence electrons. The number of aromatic nitrogens is 2. The first kappa shape index (κ1) is 11.7. The van der Waals surface area contributed by atoms with Crippen LogP contribution < -0.4 is 0 Å². The maximum Gasteiger partial charge on any atom is 0.253 e. The Balaban J connectivity index is 2.62. The number of rotatable bonds is 1. The molecule has 6 heteroatoms. The van der Waals surface area contributed by atoms with Gasteiger partial charge in [-0.1, -0.05) is 34.8 Å². The summed E-state index contributed by atoms with van der Waals surface area (Å²) in [4.78, 5) is 18.8. The molecule has 0 radical (unpaired) electrons. The summed E-state index contributed by atoms with van der Waals surface area (Å²) >= 11 is 16.7. The van der Waals surface area contributed by atoms with Gasteiger partial charge in [-0.2, -0.15) is 0 Å². The van der Waals surface area contributed by atoms with E-state index in [0.29, 0.717) is 16.6 Å². The summed E-state index contributed by atoms with van der Waals surface area (Å²) in [5.74, 6) is -0.559. The molecular formula is C10H7Cl3N2O. The summed E-state index contributed by atoms with van der Waals surface area (Å²) in [6, 6.07) is 1.82. The van der Waals surface area contributed by atoms with Crippen molar-refractivity contribution in [3.8, 4) is 0 Å². The van der Waals surface area contributed by atoms with E-state index in [4.69, 9.17) is 34.8 Å². The van der Waals surface area contributed by atoms with Crippen molar-refractivity contribution in [1.29, 1.82) is 0 Å². The number of alkyl halides is 3. The van der Waals surface area contributed by atoms with Crippen LogP contribution in [0.25, 0.3) is 11.0 Å². The summed E-state index contributed by atoms with van der Waals surface area (Å²) in [6.07, 6.45) is 3.20. The highest BCUT2D eigenvalue weighted by molar-refractivity contribution is 6.77. The van der Waals surface area contributed by atoms with Crippen molar-refractivity contribution in [2.45, 2.75) is 10.7 Å². The Morgan fingerprint density at radius 3 is 2.75 bits per heavy atom. The fourth-order valence-corrected chi connectivity index (χ4v) is 1.75. The second kappa shape index (κ2) is 3.91. The molecule has 0 amide bonds. The third-order valence-corrected chi connectivity index (χ3v) is 2.68. The number of hydrogen-bond donors (Lipinski definition) is 1. The second-order valence-electron chi connectivity index (χ2n) is 3.44. The van der Waals surface area contributed by atoms with Crippen LogP contribution in [0.15, 0.2) is 18.5 Å². The molecule has 2 aromatic rings. The van der Waals surface area contributed by atoms with Gasteiger partial charge in [0.05, 0.1) is 0 Å². The molecule has 0 unspecified atom stereocenters. The summed E-state index contributed by atoms with van der Waals surface area (Å²) in [5, 5.41) is 0.663. The highest BCUT2D eigenvalue weighted by Gasteiger charge is 2.33. The number of aromatic amines is 1. The molecule has 0 atom stereocenters. The standard InChI is InChI=1S/C10H7Cl3N2O/c1-5-2-6-7(8(16)10(11,12)13)4-15-9(6)14-3-5/h2-4H,1H3,(H,14,15). The van der Waals surface area contributed by atoms with E-state index in [9.17, 15) is 4.79 Å². The second-order valence-corrected chi connectivity index (χ2v) is 5.72. The predicted molar refractivity (Wildman–Crippen MR) is 65.5 cm³/mol. The van der Waals surface area contributed by atoms with Crippen molar-refractivity contribution in [3.63, 3.8) is 0 Å². The Morgan fingerprint density at radius 2 is 2.12 bits per heavy atom. The van der Waals surface area contributed by atoms with Crippen molar-refractivity contribution in [2.75, 3.05) is 0 Å². The van der Waals surface area contributed by atoms with Gasteiger partial charge in [-0.15, -0.1) is 0 Å². The van der Waals surface area contributed by atoms with Gasteiger partial charge in [0.25, 0.3) is 3.79 Å². The molecule has 0 aliphatic heterocycles. The normalized spacial score (nSPS) is 12.0. The van der Waals surface area contributed by atoms with Crippen molar-refractivity contribution >= 4 is 51.6 Å². The van der Waals surface area contributed by atoms with Gasteiger partial charge in [0, 0.05) is 23.3 Å². The number of halogens is 3. The number of nitrogens with one attached hydrogen (secondary N) is 1. The monoisotopic (exact) mass is 276 g/mol. The van der Waals surface area contributed by atoms with E-state index in [2.05, 4.69) is 9.97 Å². The van der Waals surface area contributed by atoms with Crippen molar-refractivity contribution in [1.82, 2.24) is 9.97 Å². The molecule has 3 nitrogen and oxygen atoms in total. The van der Waals surface area contributed by atoms with E-state index < -0.39 is 9.58 Å². The van der Waals surface area contributed by atoms with Crippen LogP contribution in [0.3, 0.4) is 0 Å². The van der Waals surface area contributed by atoms with E-state index in [1.807, 2.05) is 13.0 Å². The summed E-state index contributed by atoms with van der Waals surface area (Å²) in [5.41, 5.74) is 1.87. The molecule has 0 fully saturated rings. The fourth-order valence-electron chi connectivity index (χ4n) is 1.45. The quantitative estimate of drug-likeness (QED) is 0.641. The van der Waals surface area contributed by atoms with Crippen molar-refractivity contribution in [3.05, 3.63) is 29.6 Å². The first-order valence-corrected chi connectivity index (χ1v) is 5.58. The number of hydrogen-bond acceptors (Lipinski definition) is 2. The number of Topliss-reactive ketones (excluding diaryl/α,β-unsaturated/α-hetero) is 1. The first-order valence-electron chi connectivity index (χ1n) is 4.45. The van der Waals surface area contributed by atoms with Crippen molar-refractivity contribution < 1.29 is 4.79 Å². The number of aryl methyl sites for hydroxylation is 1. The maximum atomic E-state index is 11.8. The van der Waals surface area contributed by atoms with Crippen LogP contribution in [0, 0.1) is 6.92 Å². The molecule has 0 bridgehead atoms. The zero-order chi connectivity index (χ0) is 11.9. The van der Waals surface area contributed by atoms with Crippen LogP contribution in [-0.4, -0.2) is 19.5 Å². The van der Waals surface area contributed by atoms with Gasteiger partial charge < -0.3 is 4.98 Å². The maximum absolute atomic E-state index is 11.8. The smallest absolute Gasteiger partial charge is 0.253 e. The zero-order valence-corrected chi connectivity index (χ0v) is 10.5. The third-order valence-electron chi connectivity index (χ3n) is 2.17. The average Bonchev–Trinajstić information content (AvgIpc) is 2.57. The van der Waals surface area contributed by atoms with E-state index >= 15 is 0 Å². The fraction of sp³-hybridized carbons (Fsp3) is 0.200. The topological polar surface area (TPSA) is 45.8 Å². The SMILES string of the molecule is Cc1cnc2[nH]cc(C(=O)C(Cl)(Cl)Cl)c2c1. The molecule has 0 aliphatic carbocycles. The van der Waals surface area contributed by atoms with Gasteiger partial charge in [0.1, 0.15) is 5.65 Å². The Bertz CT molecular complexity index is 557. The number of ketones is 1. The summed E-state index contributed by atoms with van der Waals surface area (Å²) in [7, 11) is 0. The van der Waals surface area contributed by atoms with E-state index in [1.54, 1.807) is 6.20 Å². The average molecular weight is 278 g/mol. The largest absolute Gasteiger partial charge is 0.345 e. The minimum absolute atomic E-state index is 0.339. The molecule has 0 aromatic carbocycles. The lowest BCUT2D eigenvalue weighted by Crippen LogP contribution is -2.18. The molecule has 0 saturated heterocycles. The zero-order valence-electron chi connectivity index (χ0n) is 8.22. The number of nitrogens with zero attached hydrogens (tertiary/aromatic N) is 1. The minimum atomic E-state index is -1.95. The molecule has 16 heavy (non-hydrogen) atoms. The van der Waals surface area contributed by atoms with Crippen LogP contribution in [0.1, 0.15) is 15.9 Å². The number of carbonyl (C=O) groups excluding carboxylic acids is 1. The Labute approximate surface area is 107 Å².